The SMILES string of the molecule is Cl.NC[C@H]1CC[C@@H](C(=O)N2CCCCC2c2cc3ccccc3[nH]2)O1. The van der Waals surface area contributed by atoms with Gasteiger partial charge in [-0.15, -0.1) is 12.4 Å². The lowest BCUT2D eigenvalue weighted by Gasteiger charge is -2.36. The number of fused-ring (bicyclic) bond motifs is 1. The topological polar surface area (TPSA) is 71.4 Å². The fourth-order valence-corrected chi connectivity index (χ4v) is 4.04. The summed E-state index contributed by atoms with van der Waals surface area (Å²) in [5.41, 5.74) is 7.95. The number of carbonyl (C=O) groups excluding carboxylic acids is 1. The molecular formula is C19H26ClN3O2. The van der Waals surface area contributed by atoms with Gasteiger partial charge in [-0.2, -0.15) is 0 Å². The molecule has 3 heterocycles. The summed E-state index contributed by atoms with van der Waals surface area (Å²) in [4.78, 5) is 18.5. The highest BCUT2D eigenvalue weighted by molar-refractivity contribution is 5.85. The lowest BCUT2D eigenvalue weighted by atomic mass is 9.98. The van der Waals surface area contributed by atoms with E-state index in [9.17, 15) is 4.79 Å². The van der Waals surface area contributed by atoms with Crippen molar-refractivity contribution in [3.05, 3.63) is 36.0 Å². The molecular weight excluding hydrogens is 338 g/mol. The summed E-state index contributed by atoms with van der Waals surface area (Å²) >= 11 is 0. The van der Waals surface area contributed by atoms with Crippen LogP contribution in [-0.4, -0.2) is 41.1 Å². The number of carbonyl (C=O) groups is 1. The van der Waals surface area contributed by atoms with Gasteiger partial charge in [0, 0.05) is 24.3 Å². The second-order valence-electron chi connectivity index (χ2n) is 6.91. The van der Waals surface area contributed by atoms with Crippen molar-refractivity contribution in [2.45, 2.75) is 50.4 Å². The van der Waals surface area contributed by atoms with Crippen molar-refractivity contribution >= 4 is 29.2 Å². The Labute approximate surface area is 154 Å². The van der Waals surface area contributed by atoms with Crippen LogP contribution in [-0.2, 0) is 9.53 Å². The molecule has 4 rings (SSSR count). The fourth-order valence-electron chi connectivity index (χ4n) is 4.04. The predicted molar refractivity (Wildman–Crippen MR) is 101 cm³/mol. The van der Waals surface area contributed by atoms with E-state index in [1.807, 2.05) is 17.0 Å². The van der Waals surface area contributed by atoms with Crippen molar-refractivity contribution in [1.29, 1.82) is 0 Å². The zero-order valence-corrected chi connectivity index (χ0v) is 15.1. The highest BCUT2D eigenvalue weighted by Crippen LogP contribution is 2.34. The molecule has 0 spiro atoms. The van der Waals surface area contributed by atoms with Crippen LogP contribution in [0.4, 0.5) is 0 Å². The zero-order valence-electron chi connectivity index (χ0n) is 14.3. The lowest BCUT2D eigenvalue weighted by Crippen LogP contribution is -2.44. The summed E-state index contributed by atoms with van der Waals surface area (Å²) in [6.07, 6.45) is 4.62. The molecule has 1 unspecified atom stereocenters. The molecule has 0 aliphatic carbocycles. The summed E-state index contributed by atoms with van der Waals surface area (Å²) in [7, 11) is 0. The average Bonchev–Trinajstić information content (AvgIpc) is 3.27. The van der Waals surface area contributed by atoms with Gasteiger partial charge in [-0.25, -0.2) is 0 Å². The first-order chi connectivity index (χ1) is 11.8. The van der Waals surface area contributed by atoms with E-state index in [1.165, 1.54) is 5.39 Å². The Morgan fingerprint density at radius 1 is 1.24 bits per heavy atom. The number of para-hydroxylation sites is 1. The monoisotopic (exact) mass is 363 g/mol. The number of likely N-dealkylation sites (tertiary alicyclic amines) is 1. The third kappa shape index (κ3) is 3.54. The molecule has 1 aromatic heterocycles. The van der Waals surface area contributed by atoms with Gasteiger partial charge < -0.3 is 20.4 Å². The molecule has 1 aromatic carbocycles. The minimum atomic E-state index is -0.316. The number of amides is 1. The van der Waals surface area contributed by atoms with E-state index in [-0.39, 0.29) is 36.6 Å². The number of hydrogen-bond acceptors (Lipinski definition) is 3. The number of ether oxygens (including phenoxy) is 1. The molecule has 2 fully saturated rings. The molecule has 2 saturated heterocycles. The molecule has 3 N–H and O–H groups in total. The summed E-state index contributed by atoms with van der Waals surface area (Å²) in [5, 5.41) is 1.20. The number of piperidine rings is 1. The van der Waals surface area contributed by atoms with Crippen molar-refractivity contribution in [2.24, 2.45) is 5.73 Å². The Kier molecular flexibility index (Phi) is 5.67. The molecule has 0 radical (unpaired) electrons. The van der Waals surface area contributed by atoms with Gasteiger partial charge in [0.05, 0.1) is 12.1 Å². The standard InChI is InChI=1S/C19H25N3O2.ClH/c20-12-14-8-9-18(24-14)19(23)22-10-4-3-7-17(22)16-11-13-5-1-2-6-15(13)21-16;/h1-2,5-6,11,14,17-18,21H,3-4,7-10,12,20H2;1H/t14-,17?,18+;/m1./s1. The van der Waals surface area contributed by atoms with E-state index in [0.29, 0.717) is 6.54 Å². The highest BCUT2D eigenvalue weighted by atomic mass is 35.5. The maximum Gasteiger partial charge on any atom is 0.252 e. The largest absolute Gasteiger partial charge is 0.364 e. The quantitative estimate of drug-likeness (QED) is 0.879. The van der Waals surface area contributed by atoms with Crippen molar-refractivity contribution in [1.82, 2.24) is 9.88 Å². The molecule has 2 aliphatic rings. The lowest BCUT2D eigenvalue weighted by molar-refractivity contribution is -0.146. The number of aromatic amines is 1. The number of nitrogens with zero attached hydrogens (tertiary/aromatic N) is 1. The number of hydrogen-bond donors (Lipinski definition) is 2. The molecule has 25 heavy (non-hydrogen) atoms. The Bertz CT molecular complexity index is 699. The van der Waals surface area contributed by atoms with Crippen LogP contribution in [0.15, 0.2) is 30.3 Å². The summed E-state index contributed by atoms with van der Waals surface area (Å²) in [5.74, 6) is 0.134. The van der Waals surface area contributed by atoms with Crippen LogP contribution >= 0.6 is 12.4 Å². The van der Waals surface area contributed by atoms with Crippen LogP contribution in [0, 0.1) is 0 Å². The number of H-pyrrole nitrogens is 1. The van der Waals surface area contributed by atoms with Gasteiger partial charge in [0.1, 0.15) is 6.10 Å². The summed E-state index contributed by atoms with van der Waals surface area (Å²) in [6.45, 7) is 1.31. The molecule has 0 saturated carbocycles. The Balaban J connectivity index is 0.00000182. The van der Waals surface area contributed by atoms with E-state index >= 15 is 0 Å². The first kappa shape index (κ1) is 18.2. The van der Waals surface area contributed by atoms with Crippen molar-refractivity contribution in [3.8, 4) is 0 Å². The van der Waals surface area contributed by atoms with Crippen LogP contribution in [0.1, 0.15) is 43.8 Å². The molecule has 2 aliphatic heterocycles. The van der Waals surface area contributed by atoms with E-state index in [1.54, 1.807) is 0 Å². The maximum atomic E-state index is 13.0. The van der Waals surface area contributed by atoms with E-state index in [0.717, 1.165) is 49.9 Å². The third-order valence-electron chi connectivity index (χ3n) is 5.34. The molecule has 1 amide bonds. The number of benzene rings is 1. The van der Waals surface area contributed by atoms with Crippen LogP contribution in [0.2, 0.25) is 0 Å². The van der Waals surface area contributed by atoms with Crippen molar-refractivity contribution in [2.75, 3.05) is 13.1 Å². The normalized spacial score (nSPS) is 26.6. The number of halogens is 1. The molecule has 6 heteroatoms. The van der Waals surface area contributed by atoms with Gasteiger partial charge in [0.15, 0.2) is 0 Å². The highest BCUT2D eigenvalue weighted by Gasteiger charge is 2.37. The molecule has 2 aromatic rings. The average molecular weight is 364 g/mol. The van der Waals surface area contributed by atoms with Crippen LogP contribution in [0.25, 0.3) is 10.9 Å². The molecule has 0 bridgehead atoms. The first-order valence-electron chi connectivity index (χ1n) is 9.00. The van der Waals surface area contributed by atoms with Crippen LogP contribution < -0.4 is 5.73 Å². The van der Waals surface area contributed by atoms with E-state index in [2.05, 4.69) is 23.2 Å². The smallest absolute Gasteiger partial charge is 0.252 e. The van der Waals surface area contributed by atoms with Crippen LogP contribution in [0.5, 0.6) is 0 Å². The molecule has 136 valence electrons. The molecule has 3 atom stereocenters. The maximum absolute atomic E-state index is 13.0. The summed E-state index contributed by atoms with van der Waals surface area (Å²) < 4.78 is 5.84. The van der Waals surface area contributed by atoms with E-state index < -0.39 is 0 Å². The second kappa shape index (κ2) is 7.77. The third-order valence-corrected chi connectivity index (χ3v) is 5.34. The van der Waals surface area contributed by atoms with Crippen molar-refractivity contribution in [3.63, 3.8) is 0 Å². The van der Waals surface area contributed by atoms with Gasteiger partial charge >= 0.3 is 0 Å². The number of nitrogens with two attached hydrogens (primary N) is 1. The first-order valence-corrected chi connectivity index (χ1v) is 9.00. The minimum absolute atomic E-state index is 0. The fraction of sp³-hybridized carbons (Fsp3) is 0.526. The van der Waals surface area contributed by atoms with Gasteiger partial charge in [-0.1, -0.05) is 18.2 Å². The van der Waals surface area contributed by atoms with Crippen molar-refractivity contribution < 1.29 is 9.53 Å². The number of rotatable bonds is 3. The van der Waals surface area contributed by atoms with Gasteiger partial charge in [0.25, 0.3) is 5.91 Å². The predicted octanol–water partition coefficient (Wildman–Crippen LogP) is 3.15. The second-order valence-corrected chi connectivity index (χ2v) is 6.91. The minimum Gasteiger partial charge on any atom is -0.364 e. The Morgan fingerprint density at radius 3 is 2.84 bits per heavy atom. The molecule has 5 nitrogen and oxygen atoms in total. The summed E-state index contributed by atoms with van der Waals surface area (Å²) in [6, 6.07) is 10.6. The van der Waals surface area contributed by atoms with Gasteiger partial charge in [-0.3, -0.25) is 4.79 Å². The zero-order chi connectivity index (χ0) is 16.5. The Hall–Kier alpha value is -1.56. The van der Waals surface area contributed by atoms with E-state index in [4.69, 9.17) is 10.5 Å². The van der Waals surface area contributed by atoms with Gasteiger partial charge in [-0.05, 0) is 49.6 Å². The Morgan fingerprint density at radius 2 is 2.08 bits per heavy atom. The van der Waals surface area contributed by atoms with Crippen LogP contribution in [0.3, 0.4) is 0 Å². The number of nitrogens with one attached hydrogen (secondary N) is 1. The van der Waals surface area contributed by atoms with Gasteiger partial charge in [0.2, 0.25) is 0 Å². The number of aromatic nitrogens is 1.